The normalized spacial score (nSPS) is 17.8. The molecule has 0 bridgehead atoms. The topological polar surface area (TPSA) is 41.3 Å². The van der Waals surface area contributed by atoms with Crippen LogP contribution in [0.15, 0.2) is 10.6 Å². The molecule has 1 fully saturated rings. The Morgan fingerprint density at radius 1 is 1.35 bits per heavy atom. The largest absolute Gasteiger partial charge is 0.360 e. The highest BCUT2D eigenvalue weighted by Gasteiger charge is 2.13. The molecule has 0 atom stereocenters. The number of piperidine rings is 1. The fourth-order valence-electron chi connectivity index (χ4n) is 2.16. The molecular weight excluding hydrogens is 214 g/mol. The molecule has 2 rings (SSSR count). The van der Waals surface area contributed by atoms with Gasteiger partial charge in [0.05, 0.1) is 12.2 Å². The van der Waals surface area contributed by atoms with Gasteiger partial charge in [0.1, 0.15) is 0 Å². The summed E-state index contributed by atoms with van der Waals surface area (Å²) in [5, 5.41) is 7.43. The number of aromatic nitrogens is 1. The number of hydrogen-bond acceptors (Lipinski definition) is 4. The fraction of sp³-hybridized carbons (Fsp3) is 0.769. The van der Waals surface area contributed by atoms with E-state index in [0.29, 0.717) is 6.04 Å². The minimum Gasteiger partial charge on any atom is -0.360 e. The van der Waals surface area contributed by atoms with E-state index >= 15 is 0 Å². The molecule has 1 aromatic rings. The van der Waals surface area contributed by atoms with Crippen molar-refractivity contribution >= 4 is 0 Å². The van der Waals surface area contributed by atoms with Crippen LogP contribution in [0.4, 0.5) is 0 Å². The Labute approximate surface area is 103 Å². The Morgan fingerprint density at radius 3 is 2.82 bits per heavy atom. The lowest BCUT2D eigenvalue weighted by atomic mass is 10.1. The molecule has 1 saturated heterocycles. The summed E-state index contributed by atoms with van der Waals surface area (Å²) < 4.78 is 5.37. The zero-order chi connectivity index (χ0) is 12.1. The third kappa shape index (κ3) is 4.13. The molecule has 96 valence electrons. The van der Waals surface area contributed by atoms with Gasteiger partial charge in [0, 0.05) is 18.7 Å². The van der Waals surface area contributed by atoms with Crippen molar-refractivity contribution in [1.82, 2.24) is 15.4 Å². The first-order valence-corrected chi connectivity index (χ1v) is 6.64. The van der Waals surface area contributed by atoms with Gasteiger partial charge in [-0.05, 0) is 25.9 Å². The van der Waals surface area contributed by atoms with Gasteiger partial charge in [0.25, 0.3) is 0 Å². The Kier molecular flexibility index (Phi) is 4.57. The molecule has 0 amide bonds. The van der Waals surface area contributed by atoms with E-state index in [1.807, 2.05) is 0 Å². The zero-order valence-electron chi connectivity index (χ0n) is 10.9. The van der Waals surface area contributed by atoms with E-state index in [4.69, 9.17) is 4.52 Å². The molecule has 4 heteroatoms. The third-order valence-electron chi connectivity index (χ3n) is 3.13. The van der Waals surface area contributed by atoms with Crippen LogP contribution in [0.3, 0.4) is 0 Å². The van der Waals surface area contributed by atoms with Crippen LogP contribution in [0.25, 0.3) is 0 Å². The highest BCUT2D eigenvalue weighted by atomic mass is 16.5. The van der Waals surface area contributed by atoms with E-state index < -0.39 is 0 Å². The number of nitrogens with zero attached hydrogens (tertiary/aromatic N) is 2. The number of hydrogen-bond donors (Lipinski definition) is 1. The van der Waals surface area contributed by atoms with Gasteiger partial charge in [-0.1, -0.05) is 25.4 Å². The molecule has 0 aromatic carbocycles. The molecule has 17 heavy (non-hydrogen) atoms. The van der Waals surface area contributed by atoms with E-state index in [1.165, 1.54) is 32.4 Å². The summed E-state index contributed by atoms with van der Waals surface area (Å²) in [5.41, 5.74) is 1.01. The minimum absolute atomic E-state index is 0.484. The molecule has 0 aliphatic carbocycles. The Balaban J connectivity index is 1.80. The molecule has 1 aliphatic heterocycles. The molecule has 0 saturated carbocycles. The number of nitrogens with one attached hydrogen (secondary N) is 1. The van der Waals surface area contributed by atoms with Crippen LogP contribution in [0.2, 0.25) is 0 Å². The van der Waals surface area contributed by atoms with E-state index in [9.17, 15) is 0 Å². The van der Waals surface area contributed by atoms with E-state index in [1.54, 1.807) is 0 Å². The van der Waals surface area contributed by atoms with Crippen molar-refractivity contribution in [2.75, 3.05) is 13.1 Å². The summed E-state index contributed by atoms with van der Waals surface area (Å²) >= 11 is 0. The standard InChI is InChI=1S/C13H23N3O/c1-11(2)14-9-12-8-13(17-15-12)10-16-6-4-3-5-7-16/h8,11,14H,3-7,9-10H2,1-2H3. The second-order valence-corrected chi connectivity index (χ2v) is 5.16. The number of likely N-dealkylation sites (tertiary alicyclic amines) is 1. The highest BCUT2D eigenvalue weighted by molar-refractivity contribution is 5.05. The van der Waals surface area contributed by atoms with Gasteiger partial charge in [-0.2, -0.15) is 0 Å². The smallest absolute Gasteiger partial charge is 0.151 e. The zero-order valence-corrected chi connectivity index (χ0v) is 10.9. The van der Waals surface area contributed by atoms with Crippen LogP contribution in [0.5, 0.6) is 0 Å². The molecule has 1 N–H and O–H groups in total. The summed E-state index contributed by atoms with van der Waals surface area (Å²) in [5.74, 6) is 0.993. The molecule has 0 radical (unpaired) electrons. The van der Waals surface area contributed by atoms with E-state index in [-0.39, 0.29) is 0 Å². The van der Waals surface area contributed by atoms with Crippen LogP contribution in [0.1, 0.15) is 44.6 Å². The lowest BCUT2D eigenvalue weighted by Gasteiger charge is -2.24. The first-order chi connectivity index (χ1) is 8.24. The van der Waals surface area contributed by atoms with Crippen LogP contribution < -0.4 is 5.32 Å². The van der Waals surface area contributed by atoms with Gasteiger partial charge < -0.3 is 9.84 Å². The molecule has 4 nitrogen and oxygen atoms in total. The second-order valence-electron chi connectivity index (χ2n) is 5.16. The summed E-state index contributed by atoms with van der Waals surface area (Å²) in [6.45, 7) is 8.36. The minimum atomic E-state index is 0.484. The van der Waals surface area contributed by atoms with Crippen molar-refractivity contribution in [3.8, 4) is 0 Å². The lowest BCUT2D eigenvalue weighted by Crippen LogP contribution is -2.28. The lowest BCUT2D eigenvalue weighted by molar-refractivity contribution is 0.197. The second kappa shape index (κ2) is 6.17. The average Bonchev–Trinajstić information content (AvgIpc) is 2.75. The van der Waals surface area contributed by atoms with Crippen molar-refractivity contribution in [1.29, 1.82) is 0 Å². The maximum absolute atomic E-state index is 5.37. The summed E-state index contributed by atoms with van der Waals surface area (Å²) in [6.07, 6.45) is 4.00. The molecule has 0 unspecified atom stereocenters. The van der Waals surface area contributed by atoms with Gasteiger partial charge in [-0.3, -0.25) is 4.90 Å². The molecule has 1 aliphatic rings. The van der Waals surface area contributed by atoms with Crippen molar-refractivity contribution < 1.29 is 4.52 Å². The SMILES string of the molecule is CC(C)NCc1cc(CN2CCCCC2)on1. The van der Waals surface area contributed by atoms with Gasteiger partial charge in [0.2, 0.25) is 0 Å². The van der Waals surface area contributed by atoms with Crippen LogP contribution in [-0.2, 0) is 13.1 Å². The summed E-state index contributed by atoms with van der Waals surface area (Å²) in [7, 11) is 0. The average molecular weight is 237 g/mol. The molecule has 1 aromatic heterocycles. The predicted molar refractivity (Wildman–Crippen MR) is 67.6 cm³/mol. The maximum atomic E-state index is 5.37. The monoisotopic (exact) mass is 237 g/mol. The van der Waals surface area contributed by atoms with Gasteiger partial charge in [-0.15, -0.1) is 0 Å². The molecular formula is C13H23N3O. The van der Waals surface area contributed by atoms with Crippen molar-refractivity contribution in [3.63, 3.8) is 0 Å². The van der Waals surface area contributed by atoms with Gasteiger partial charge in [0.15, 0.2) is 5.76 Å². The van der Waals surface area contributed by atoms with E-state index in [2.05, 4.69) is 35.3 Å². The maximum Gasteiger partial charge on any atom is 0.151 e. The molecule has 2 heterocycles. The Hall–Kier alpha value is -0.870. The number of rotatable bonds is 5. The fourth-order valence-corrected chi connectivity index (χ4v) is 2.16. The third-order valence-corrected chi connectivity index (χ3v) is 3.13. The van der Waals surface area contributed by atoms with Crippen molar-refractivity contribution in [2.45, 2.75) is 52.2 Å². The van der Waals surface area contributed by atoms with E-state index in [0.717, 1.165) is 24.5 Å². The summed E-state index contributed by atoms with van der Waals surface area (Å²) in [6, 6.07) is 2.56. The Bertz CT molecular complexity index is 329. The first kappa shape index (κ1) is 12.6. The predicted octanol–water partition coefficient (Wildman–Crippen LogP) is 2.16. The van der Waals surface area contributed by atoms with Gasteiger partial charge >= 0.3 is 0 Å². The van der Waals surface area contributed by atoms with Crippen molar-refractivity contribution in [3.05, 3.63) is 17.5 Å². The Morgan fingerprint density at radius 2 is 2.12 bits per heavy atom. The summed E-state index contributed by atoms with van der Waals surface area (Å²) in [4.78, 5) is 2.45. The van der Waals surface area contributed by atoms with Crippen LogP contribution >= 0.6 is 0 Å². The van der Waals surface area contributed by atoms with Crippen LogP contribution in [-0.4, -0.2) is 29.2 Å². The van der Waals surface area contributed by atoms with Gasteiger partial charge in [-0.25, -0.2) is 0 Å². The van der Waals surface area contributed by atoms with Crippen molar-refractivity contribution in [2.24, 2.45) is 0 Å². The highest BCUT2D eigenvalue weighted by Crippen LogP contribution is 2.13. The first-order valence-electron chi connectivity index (χ1n) is 6.64. The quantitative estimate of drug-likeness (QED) is 0.852. The molecule has 0 spiro atoms. The van der Waals surface area contributed by atoms with Crippen LogP contribution in [0, 0.1) is 0 Å².